The van der Waals surface area contributed by atoms with Gasteiger partial charge in [0.05, 0.1) is 11.5 Å². The predicted octanol–water partition coefficient (Wildman–Crippen LogP) is 4.05. The van der Waals surface area contributed by atoms with Crippen molar-refractivity contribution in [3.63, 3.8) is 0 Å². The molecule has 9 heteroatoms. The summed E-state index contributed by atoms with van der Waals surface area (Å²) in [5, 5.41) is 9.12. The Bertz CT molecular complexity index is 1170. The van der Waals surface area contributed by atoms with E-state index in [1.54, 1.807) is 36.4 Å². The van der Waals surface area contributed by atoms with E-state index in [0.717, 1.165) is 17.5 Å². The molecule has 0 unspecified atom stereocenters. The highest BCUT2D eigenvalue weighted by Gasteiger charge is 2.23. The van der Waals surface area contributed by atoms with E-state index >= 15 is 0 Å². The van der Waals surface area contributed by atoms with Gasteiger partial charge in [-0.2, -0.15) is 4.98 Å². The van der Waals surface area contributed by atoms with E-state index in [-0.39, 0.29) is 41.0 Å². The number of aliphatic hydroxyl groups is 1. The van der Waals surface area contributed by atoms with Gasteiger partial charge in [0.1, 0.15) is 18.7 Å². The number of nitrogens with one attached hydrogen (secondary N) is 1. The minimum atomic E-state index is -3.96. The summed E-state index contributed by atoms with van der Waals surface area (Å²) in [4.78, 5) is 8.20. The highest BCUT2D eigenvalue weighted by molar-refractivity contribution is 7.92. The number of aliphatic hydroxyl groups excluding tert-OH is 1. The number of benzene rings is 2. The van der Waals surface area contributed by atoms with Crippen LogP contribution in [0.25, 0.3) is 0 Å². The molecule has 0 radical (unpaired) electrons. The predicted molar refractivity (Wildman–Crippen MR) is 122 cm³/mol. The first-order valence-electron chi connectivity index (χ1n) is 10.1. The van der Waals surface area contributed by atoms with E-state index in [4.69, 9.17) is 14.6 Å². The molecule has 0 saturated heterocycles. The lowest BCUT2D eigenvalue weighted by Gasteiger charge is -2.19. The Morgan fingerprint density at radius 2 is 1.72 bits per heavy atom. The Morgan fingerprint density at radius 3 is 2.34 bits per heavy atom. The lowest BCUT2D eigenvalue weighted by molar-refractivity contribution is 0.192. The van der Waals surface area contributed by atoms with Crippen molar-refractivity contribution in [1.82, 2.24) is 9.97 Å². The normalized spacial score (nSPS) is 11.8. The van der Waals surface area contributed by atoms with Crippen LogP contribution in [0.4, 0.5) is 5.82 Å². The van der Waals surface area contributed by atoms with Crippen molar-refractivity contribution in [2.24, 2.45) is 0 Å². The van der Waals surface area contributed by atoms with Crippen LogP contribution in [-0.2, 0) is 15.4 Å². The van der Waals surface area contributed by atoms with Crippen molar-refractivity contribution in [2.45, 2.75) is 38.0 Å². The van der Waals surface area contributed by atoms with Gasteiger partial charge >= 0.3 is 0 Å². The first-order valence-corrected chi connectivity index (χ1v) is 11.6. The standard InChI is InChI=1S/C23H27N3O5S/c1-16-7-5-6-8-19(16)31-20-21(24-15-25-22(20)30-14-13-27)26-32(28,29)18-11-9-17(10-12-18)23(2,3)4/h5-12,15,27H,13-14H2,1-4H3,(H,24,25,26). The van der Waals surface area contributed by atoms with E-state index in [1.165, 1.54) is 0 Å². The molecule has 170 valence electrons. The van der Waals surface area contributed by atoms with Gasteiger partial charge in [0, 0.05) is 0 Å². The lowest BCUT2D eigenvalue weighted by atomic mass is 9.87. The summed E-state index contributed by atoms with van der Waals surface area (Å²) >= 11 is 0. The van der Waals surface area contributed by atoms with Crippen molar-refractivity contribution in [2.75, 3.05) is 17.9 Å². The Morgan fingerprint density at radius 1 is 1.03 bits per heavy atom. The van der Waals surface area contributed by atoms with Gasteiger partial charge in [-0.1, -0.05) is 51.1 Å². The van der Waals surface area contributed by atoms with Crippen LogP contribution in [0.2, 0.25) is 0 Å². The molecule has 0 saturated carbocycles. The second-order valence-corrected chi connectivity index (χ2v) is 9.86. The highest BCUT2D eigenvalue weighted by Crippen LogP contribution is 2.37. The van der Waals surface area contributed by atoms with Crippen LogP contribution in [0.3, 0.4) is 0 Å². The summed E-state index contributed by atoms with van der Waals surface area (Å²) in [7, 11) is -3.96. The van der Waals surface area contributed by atoms with Gasteiger partial charge in [-0.15, -0.1) is 0 Å². The molecule has 8 nitrogen and oxygen atoms in total. The molecule has 3 aromatic rings. The molecule has 0 spiro atoms. The maximum atomic E-state index is 13.1. The number of nitrogens with zero attached hydrogens (tertiary/aromatic N) is 2. The maximum Gasteiger partial charge on any atom is 0.263 e. The van der Waals surface area contributed by atoms with Crippen LogP contribution >= 0.6 is 0 Å². The number of rotatable bonds is 8. The Labute approximate surface area is 188 Å². The van der Waals surface area contributed by atoms with Gasteiger partial charge in [0.2, 0.25) is 5.75 Å². The summed E-state index contributed by atoms with van der Waals surface area (Å²) in [5.74, 6) is 0.436. The number of hydrogen-bond donors (Lipinski definition) is 2. The van der Waals surface area contributed by atoms with Crippen molar-refractivity contribution >= 4 is 15.8 Å². The van der Waals surface area contributed by atoms with E-state index in [1.807, 2.05) is 19.1 Å². The molecule has 32 heavy (non-hydrogen) atoms. The van der Waals surface area contributed by atoms with Crippen LogP contribution in [0.1, 0.15) is 31.9 Å². The molecule has 2 N–H and O–H groups in total. The number of ether oxygens (including phenoxy) is 2. The third-order valence-electron chi connectivity index (χ3n) is 4.67. The van der Waals surface area contributed by atoms with Crippen LogP contribution in [0.5, 0.6) is 17.4 Å². The van der Waals surface area contributed by atoms with Crippen LogP contribution in [-0.4, -0.2) is 36.7 Å². The fourth-order valence-electron chi connectivity index (χ4n) is 2.87. The number of hydrogen-bond acceptors (Lipinski definition) is 7. The number of sulfonamides is 1. The number of anilines is 1. The zero-order valence-corrected chi connectivity index (χ0v) is 19.3. The number of aromatic nitrogens is 2. The molecule has 1 aromatic heterocycles. The van der Waals surface area contributed by atoms with E-state index in [2.05, 4.69) is 35.5 Å². The largest absolute Gasteiger partial charge is 0.472 e. The molecule has 0 aliphatic heterocycles. The van der Waals surface area contributed by atoms with Gasteiger partial charge in [-0.25, -0.2) is 13.4 Å². The van der Waals surface area contributed by atoms with Crippen molar-refractivity contribution in [1.29, 1.82) is 0 Å². The monoisotopic (exact) mass is 457 g/mol. The van der Waals surface area contributed by atoms with Gasteiger partial charge < -0.3 is 14.6 Å². The van der Waals surface area contributed by atoms with Gasteiger partial charge in [0.15, 0.2) is 5.82 Å². The molecule has 1 heterocycles. The highest BCUT2D eigenvalue weighted by atomic mass is 32.2. The first-order chi connectivity index (χ1) is 15.1. The zero-order chi connectivity index (χ0) is 23.4. The van der Waals surface area contributed by atoms with E-state index in [0.29, 0.717) is 5.75 Å². The molecule has 0 atom stereocenters. The lowest BCUT2D eigenvalue weighted by Crippen LogP contribution is -2.16. The molecular formula is C23H27N3O5S. The Kier molecular flexibility index (Phi) is 7.00. The number of aryl methyl sites for hydroxylation is 1. The number of para-hydroxylation sites is 1. The zero-order valence-electron chi connectivity index (χ0n) is 18.5. The SMILES string of the molecule is Cc1ccccc1Oc1c(NS(=O)(=O)c2ccc(C(C)(C)C)cc2)ncnc1OCCO. The summed E-state index contributed by atoms with van der Waals surface area (Å²) in [5.41, 5.74) is 1.74. The molecule has 0 aliphatic carbocycles. The summed E-state index contributed by atoms with van der Waals surface area (Å²) in [6, 6.07) is 13.9. The topological polar surface area (TPSA) is 111 Å². The maximum absolute atomic E-state index is 13.1. The fourth-order valence-corrected chi connectivity index (χ4v) is 3.88. The molecule has 0 amide bonds. The summed E-state index contributed by atoms with van der Waals surface area (Å²) in [6.07, 6.45) is 1.16. The molecule has 2 aromatic carbocycles. The smallest absolute Gasteiger partial charge is 0.263 e. The van der Waals surface area contributed by atoms with Crippen molar-refractivity contribution in [3.05, 3.63) is 66.0 Å². The summed E-state index contributed by atoms with van der Waals surface area (Å²) in [6.45, 7) is 7.74. The third kappa shape index (κ3) is 5.54. The van der Waals surface area contributed by atoms with Gasteiger partial charge in [-0.05, 0) is 41.7 Å². The second-order valence-electron chi connectivity index (χ2n) is 8.18. The summed E-state index contributed by atoms with van der Waals surface area (Å²) < 4.78 is 40.0. The third-order valence-corrected chi connectivity index (χ3v) is 6.02. The van der Waals surface area contributed by atoms with Crippen molar-refractivity contribution < 1.29 is 23.0 Å². The van der Waals surface area contributed by atoms with Crippen LogP contribution in [0, 0.1) is 6.92 Å². The van der Waals surface area contributed by atoms with Crippen LogP contribution < -0.4 is 14.2 Å². The minimum Gasteiger partial charge on any atom is -0.472 e. The van der Waals surface area contributed by atoms with Gasteiger partial charge in [0.25, 0.3) is 15.9 Å². The molecule has 3 rings (SSSR count). The molecular weight excluding hydrogens is 430 g/mol. The fraction of sp³-hybridized carbons (Fsp3) is 0.304. The molecule has 0 aliphatic rings. The minimum absolute atomic E-state index is 0.00476. The quantitative estimate of drug-likeness (QED) is 0.525. The Balaban J connectivity index is 1.98. The average molecular weight is 458 g/mol. The van der Waals surface area contributed by atoms with E-state index in [9.17, 15) is 8.42 Å². The molecule has 0 bridgehead atoms. The van der Waals surface area contributed by atoms with Crippen LogP contribution in [0.15, 0.2) is 59.8 Å². The van der Waals surface area contributed by atoms with Crippen molar-refractivity contribution in [3.8, 4) is 17.4 Å². The van der Waals surface area contributed by atoms with E-state index < -0.39 is 10.0 Å². The molecule has 0 fully saturated rings. The Hall–Kier alpha value is -3.17. The first kappa shape index (κ1) is 23.5. The van der Waals surface area contributed by atoms with Gasteiger partial charge in [-0.3, -0.25) is 4.72 Å². The second kappa shape index (κ2) is 9.54. The average Bonchev–Trinajstić information content (AvgIpc) is 2.74.